The van der Waals surface area contributed by atoms with Crippen LogP contribution >= 0.6 is 0 Å². The van der Waals surface area contributed by atoms with E-state index in [1.54, 1.807) is 66.9 Å². The van der Waals surface area contributed by atoms with Gasteiger partial charge in [-0.15, -0.1) is 0 Å². The van der Waals surface area contributed by atoms with Crippen molar-refractivity contribution in [3.8, 4) is 11.5 Å². The lowest BCUT2D eigenvalue weighted by Gasteiger charge is -2.14. The van der Waals surface area contributed by atoms with Gasteiger partial charge in [-0.2, -0.15) is 0 Å². The number of aromatic nitrogens is 4. The number of fused-ring (bicyclic) bond motifs is 3. The Balaban J connectivity index is 1.50. The van der Waals surface area contributed by atoms with Crippen molar-refractivity contribution >= 4 is 16.6 Å². The number of rotatable bonds is 4. The summed E-state index contributed by atoms with van der Waals surface area (Å²) >= 11 is 0. The van der Waals surface area contributed by atoms with Crippen molar-refractivity contribution in [2.45, 2.75) is 13.1 Å². The zero-order valence-electron chi connectivity index (χ0n) is 17.9. The first-order valence-corrected chi connectivity index (χ1v) is 10.7. The maximum Gasteiger partial charge on any atom is 0.332 e. The Hall–Kier alpha value is -4.66. The summed E-state index contributed by atoms with van der Waals surface area (Å²) in [4.78, 5) is 43.9. The fourth-order valence-electron chi connectivity index (χ4n) is 4.23. The van der Waals surface area contributed by atoms with E-state index in [-0.39, 0.29) is 31.0 Å². The van der Waals surface area contributed by atoms with Crippen molar-refractivity contribution < 1.29 is 9.47 Å². The molecule has 0 saturated heterocycles. The van der Waals surface area contributed by atoms with Crippen molar-refractivity contribution in [3.63, 3.8) is 0 Å². The highest BCUT2D eigenvalue weighted by atomic mass is 16.7. The Kier molecular flexibility index (Phi) is 4.54. The second-order valence-electron chi connectivity index (χ2n) is 7.98. The van der Waals surface area contributed by atoms with Crippen molar-refractivity contribution in [3.05, 3.63) is 115 Å². The molecule has 0 unspecified atom stereocenters. The van der Waals surface area contributed by atoms with Crippen molar-refractivity contribution in [2.24, 2.45) is 0 Å². The number of nitrogens with zero attached hydrogens (tertiary/aromatic N) is 4. The van der Waals surface area contributed by atoms with Crippen LogP contribution in [0.2, 0.25) is 0 Å². The molecule has 34 heavy (non-hydrogen) atoms. The predicted molar refractivity (Wildman–Crippen MR) is 125 cm³/mol. The maximum absolute atomic E-state index is 13.6. The second kappa shape index (κ2) is 7.73. The van der Waals surface area contributed by atoms with Gasteiger partial charge in [0.25, 0.3) is 11.1 Å². The van der Waals surface area contributed by atoms with E-state index in [1.807, 2.05) is 0 Å². The van der Waals surface area contributed by atoms with Crippen LogP contribution in [0, 0.1) is 0 Å². The first-order valence-electron chi connectivity index (χ1n) is 10.7. The SMILES string of the molecule is O=c1c2ccccc2n(Cc2cc(=O)n3ccccc3n2)c(=O)n1Cc1ccc2c(c1)OCO2. The van der Waals surface area contributed by atoms with E-state index < -0.39 is 5.69 Å². The van der Waals surface area contributed by atoms with E-state index in [1.165, 1.54) is 19.6 Å². The summed E-state index contributed by atoms with van der Waals surface area (Å²) in [5.74, 6) is 1.20. The molecule has 4 heterocycles. The topological polar surface area (TPSA) is 96.8 Å². The summed E-state index contributed by atoms with van der Waals surface area (Å²) < 4.78 is 14.9. The van der Waals surface area contributed by atoms with Crippen LogP contribution in [0.1, 0.15) is 11.3 Å². The zero-order valence-corrected chi connectivity index (χ0v) is 17.9. The van der Waals surface area contributed by atoms with Crippen LogP contribution in [0.25, 0.3) is 16.6 Å². The zero-order chi connectivity index (χ0) is 23.2. The van der Waals surface area contributed by atoms with Crippen molar-refractivity contribution in [2.75, 3.05) is 6.79 Å². The molecule has 5 aromatic rings. The summed E-state index contributed by atoms with van der Waals surface area (Å²) in [6, 6.07) is 18.9. The van der Waals surface area contributed by atoms with Gasteiger partial charge in [-0.3, -0.25) is 23.1 Å². The molecule has 0 spiro atoms. The monoisotopic (exact) mass is 454 g/mol. The van der Waals surface area contributed by atoms with E-state index in [2.05, 4.69) is 4.98 Å². The number of ether oxygens (including phenoxy) is 2. The van der Waals surface area contributed by atoms with Gasteiger partial charge in [0.1, 0.15) is 5.65 Å². The predicted octanol–water partition coefficient (Wildman–Crippen LogP) is 2.00. The standard InChI is InChI=1S/C25H18N4O5/c30-23-12-17(26-22-7-3-4-10-27(22)23)14-28-19-6-2-1-5-18(19)24(31)29(25(28)32)13-16-8-9-20-21(11-16)34-15-33-20/h1-12H,13-15H2. The molecule has 2 aromatic carbocycles. The van der Waals surface area contributed by atoms with Crippen LogP contribution in [-0.4, -0.2) is 25.3 Å². The van der Waals surface area contributed by atoms with E-state index in [0.717, 1.165) is 5.56 Å². The highest BCUT2D eigenvalue weighted by molar-refractivity contribution is 5.78. The lowest BCUT2D eigenvalue weighted by atomic mass is 10.2. The van der Waals surface area contributed by atoms with Gasteiger partial charge in [-0.25, -0.2) is 9.78 Å². The lowest BCUT2D eigenvalue weighted by Crippen LogP contribution is -2.40. The first kappa shape index (κ1) is 20.0. The fraction of sp³-hybridized carbons (Fsp3) is 0.120. The number of pyridine rings is 1. The van der Waals surface area contributed by atoms with E-state index >= 15 is 0 Å². The van der Waals surface area contributed by atoms with Crippen LogP contribution in [-0.2, 0) is 13.1 Å². The second-order valence-corrected chi connectivity index (χ2v) is 7.98. The van der Waals surface area contributed by atoms with Crippen LogP contribution in [0.3, 0.4) is 0 Å². The van der Waals surface area contributed by atoms with E-state index in [0.29, 0.717) is 33.7 Å². The Morgan fingerprint density at radius 1 is 0.824 bits per heavy atom. The molecule has 1 aliphatic rings. The Morgan fingerprint density at radius 3 is 2.56 bits per heavy atom. The van der Waals surface area contributed by atoms with Crippen LogP contribution in [0.15, 0.2) is 87.3 Å². The summed E-state index contributed by atoms with van der Waals surface area (Å²) in [7, 11) is 0. The third-order valence-electron chi connectivity index (χ3n) is 5.85. The summed E-state index contributed by atoms with van der Waals surface area (Å²) in [6.07, 6.45) is 1.64. The molecule has 0 amide bonds. The van der Waals surface area contributed by atoms with Gasteiger partial charge in [-0.1, -0.05) is 24.3 Å². The molecular formula is C25H18N4O5. The molecule has 0 aliphatic carbocycles. The Labute approximate surface area is 191 Å². The van der Waals surface area contributed by atoms with Crippen molar-refractivity contribution in [1.29, 1.82) is 0 Å². The van der Waals surface area contributed by atoms with Gasteiger partial charge in [0.15, 0.2) is 11.5 Å². The molecule has 0 atom stereocenters. The highest BCUT2D eigenvalue weighted by Gasteiger charge is 2.17. The third kappa shape index (κ3) is 3.25. The minimum atomic E-state index is -0.489. The van der Waals surface area contributed by atoms with Gasteiger partial charge in [-0.05, 0) is 42.0 Å². The molecule has 0 saturated carbocycles. The van der Waals surface area contributed by atoms with Gasteiger partial charge < -0.3 is 9.47 Å². The summed E-state index contributed by atoms with van der Waals surface area (Å²) in [5, 5.41) is 0.403. The molecule has 9 nitrogen and oxygen atoms in total. The van der Waals surface area contributed by atoms with Crippen LogP contribution in [0.5, 0.6) is 11.5 Å². The van der Waals surface area contributed by atoms with Crippen LogP contribution in [0.4, 0.5) is 0 Å². The highest BCUT2D eigenvalue weighted by Crippen LogP contribution is 2.32. The average molecular weight is 454 g/mol. The van der Waals surface area contributed by atoms with Gasteiger partial charge in [0.2, 0.25) is 6.79 Å². The molecule has 0 bridgehead atoms. The molecular weight excluding hydrogens is 436 g/mol. The molecule has 6 rings (SSSR count). The van der Waals surface area contributed by atoms with Gasteiger partial charge in [0, 0.05) is 12.3 Å². The molecule has 0 radical (unpaired) electrons. The number of hydrogen-bond donors (Lipinski definition) is 0. The van der Waals surface area contributed by atoms with Crippen molar-refractivity contribution in [1.82, 2.24) is 18.5 Å². The summed E-state index contributed by atoms with van der Waals surface area (Å²) in [6.45, 7) is 0.245. The number of hydrogen-bond acceptors (Lipinski definition) is 6. The number of para-hydroxylation sites is 1. The lowest BCUT2D eigenvalue weighted by molar-refractivity contribution is 0.174. The maximum atomic E-state index is 13.6. The number of benzene rings is 2. The minimum Gasteiger partial charge on any atom is -0.454 e. The molecule has 1 aliphatic heterocycles. The van der Waals surface area contributed by atoms with E-state index in [9.17, 15) is 14.4 Å². The average Bonchev–Trinajstić information content (AvgIpc) is 3.32. The Bertz CT molecular complexity index is 1770. The summed E-state index contributed by atoms with van der Waals surface area (Å²) in [5.41, 5.74) is 0.999. The Morgan fingerprint density at radius 2 is 1.65 bits per heavy atom. The molecule has 0 fully saturated rings. The van der Waals surface area contributed by atoms with Gasteiger partial charge in [0.05, 0.1) is 29.7 Å². The largest absolute Gasteiger partial charge is 0.454 e. The molecule has 168 valence electrons. The normalized spacial score (nSPS) is 12.5. The molecule has 3 aromatic heterocycles. The quantitative estimate of drug-likeness (QED) is 0.412. The smallest absolute Gasteiger partial charge is 0.332 e. The van der Waals surface area contributed by atoms with Crippen LogP contribution < -0.4 is 26.3 Å². The first-order chi connectivity index (χ1) is 16.6. The minimum absolute atomic E-state index is 0.0431. The van der Waals surface area contributed by atoms with E-state index in [4.69, 9.17) is 9.47 Å². The molecule has 9 heteroatoms. The molecule has 0 N–H and O–H groups in total. The fourth-order valence-corrected chi connectivity index (χ4v) is 4.23. The third-order valence-corrected chi connectivity index (χ3v) is 5.85. The van der Waals surface area contributed by atoms with Gasteiger partial charge >= 0.3 is 5.69 Å².